The second-order valence-corrected chi connectivity index (χ2v) is 4.40. The Labute approximate surface area is 112 Å². The minimum Gasteiger partial charge on any atom is -0.200 e. The maximum absolute atomic E-state index is 13.5. The lowest BCUT2D eigenvalue weighted by Crippen LogP contribution is -2.03. The molecule has 0 unspecified atom stereocenters. The Hall–Kier alpha value is -1.72. The molecule has 0 aliphatic rings. The highest BCUT2D eigenvalue weighted by atomic mass is 19.3. The third kappa shape index (κ3) is 2.59. The van der Waals surface area contributed by atoms with Gasteiger partial charge in [-0.15, -0.1) is 0 Å². The quantitative estimate of drug-likeness (QED) is 0.588. The van der Waals surface area contributed by atoms with Gasteiger partial charge in [-0.25, -0.2) is 8.78 Å². The Bertz CT molecular complexity index is 566. The summed E-state index contributed by atoms with van der Waals surface area (Å²) in [6.45, 7) is 5.33. The monoisotopic (exact) mass is 294 g/mol. The molecule has 20 heavy (non-hydrogen) atoms. The summed E-state index contributed by atoms with van der Waals surface area (Å²) in [6, 6.07) is 0. The summed E-state index contributed by atoms with van der Waals surface area (Å²) in [5, 5.41) is 0. The van der Waals surface area contributed by atoms with Crippen LogP contribution in [0.15, 0.2) is 12.2 Å². The topological polar surface area (TPSA) is 0 Å². The van der Waals surface area contributed by atoms with E-state index in [1.807, 2.05) is 0 Å². The number of rotatable bonds is 2. The number of hydrogen-bond acceptors (Lipinski definition) is 0. The van der Waals surface area contributed by atoms with Gasteiger partial charge in [0.25, 0.3) is 0 Å². The van der Waals surface area contributed by atoms with Crippen LogP contribution in [0.4, 0.5) is 26.3 Å². The first-order chi connectivity index (χ1) is 9.11. The number of halogens is 6. The van der Waals surface area contributed by atoms with E-state index in [4.69, 9.17) is 0 Å². The first-order valence-electron chi connectivity index (χ1n) is 5.63. The first kappa shape index (κ1) is 16.3. The van der Waals surface area contributed by atoms with E-state index in [0.717, 1.165) is 6.92 Å². The molecule has 0 saturated heterocycles. The van der Waals surface area contributed by atoms with E-state index in [-0.39, 0.29) is 22.3 Å². The standard InChI is InChI=1S/C14H12F6/c1-5-6(2)9(11(15)13(17)18)8(4)10(7(5)3)12(16)14(19)20/h1-4H3. The van der Waals surface area contributed by atoms with Crippen molar-refractivity contribution >= 4 is 11.7 Å². The van der Waals surface area contributed by atoms with Crippen LogP contribution in [0.1, 0.15) is 33.4 Å². The van der Waals surface area contributed by atoms with Crippen LogP contribution in [0.5, 0.6) is 0 Å². The van der Waals surface area contributed by atoms with Crippen molar-refractivity contribution in [3.05, 3.63) is 45.5 Å². The molecule has 0 saturated carbocycles. The molecule has 1 aromatic rings. The highest BCUT2D eigenvalue weighted by molar-refractivity contribution is 5.77. The van der Waals surface area contributed by atoms with E-state index >= 15 is 0 Å². The van der Waals surface area contributed by atoms with E-state index in [9.17, 15) is 26.3 Å². The van der Waals surface area contributed by atoms with Gasteiger partial charge >= 0.3 is 12.2 Å². The summed E-state index contributed by atoms with van der Waals surface area (Å²) >= 11 is 0. The zero-order valence-corrected chi connectivity index (χ0v) is 11.3. The fraction of sp³-hybridized carbons (Fsp3) is 0.286. The predicted octanol–water partition coefficient (Wildman–Crippen LogP) is 5.99. The Morgan fingerprint density at radius 3 is 1.05 bits per heavy atom. The summed E-state index contributed by atoms with van der Waals surface area (Å²) in [4.78, 5) is 0. The van der Waals surface area contributed by atoms with E-state index in [1.54, 1.807) is 0 Å². The van der Waals surface area contributed by atoms with Crippen LogP contribution in [0.25, 0.3) is 11.7 Å². The molecule has 6 heteroatoms. The lowest BCUT2D eigenvalue weighted by Gasteiger charge is -2.18. The summed E-state index contributed by atoms with van der Waals surface area (Å²) in [6.07, 6.45) is -5.15. The maximum Gasteiger partial charge on any atom is 0.306 e. The van der Waals surface area contributed by atoms with Crippen molar-refractivity contribution in [2.45, 2.75) is 27.7 Å². The van der Waals surface area contributed by atoms with Crippen molar-refractivity contribution in [3.63, 3.8) is 0 Å². The second-order valence-electron chi connectivity index (χ2n) is 4.40. The Morgan fingerprint density at radius 1 is 0.500 bits per heavy atom. The molecule has 0 bridgehead atoms. The van der Waals surface area contributed by atoms with Crippen LogP contribution in [-0.4, -0.2) is 0 Å². The third-order valence-electron chi connectivity index (χ3n) is 3.40. The van der Waals surface area contributed by atoms with Gasteiger partial charge in [0.1, 0.15) is 0 Å². The average Bonchev–Trinajstić information content (AvgIpc) is 2.35. The van der Waals surface area contributed by atoms with Crippen LogP contribution in [0.3, 0.4) is 0 Å². The van der Waals surface area contributed by atoms with Crippen molar-refractivity contribution < 1.29 is 26.3 Å². The third-order valence-corrected chi connectivity index (χ3v) is 3.40. The van der Waals surface area contributed by atoms with E-state index in [2.05, 4.69) is 0 Å². The van der Waals surface area contributed by atoms with Gasteiger partial charge in [0.2, 0.25) is 0 Å². The first-order valence-corrected chi connectivity index (χ1v) is 5.63. The molecule has 0 radical (unpaired) electrons. The SMILES string of the molecule is Cc1c(C)c(C(F)=C(F)F)c(C)c(C(F)=C(F)F)c1C. The number of hydrogen-bond donors (Lipinski definition) is 0. The van der Waals surface area contributed by atoms with Crippen molar-refractivity contribution in [2.75, 3.05) is 0 Å². The summed E-state index contributed by atoms with van der Waals surface area (Å²) < 4.78 is 76.9. The Morgan fingerprint density at radius 2 is 0.800 bits per heavy atom. The molecule has 0 heterocycles. The fourth-order valence-electron chi connectivity index (χ4n) is 2.19. The molecule has 1 aromatic carbocycles. The van der Waals surface area contributed by atoms with Gasteiger partial charge in [0.15, 0.2) is 11.7 Å². The van der Waals surface area contributed by atoms with Gasteiger partial charge in [-0.05, 0) is 49.9 Å². The molecule has 1 rings (SSSR count). The zero-order chi connectivity index (χ0) is 15.8. The van der Waals surface area contributed by atoms with Crippen molar-refractivity contribution in [2.24, 2.45) is 0 Å². The smallest absolute Gasteiger partial charge is 0.200 e. The van der Waals surface area contributed by atoms with Crippen LogP contribution in [0, 0.1) is 27.7 Å². The van der Waals surface area contributed by atoms with Crippen molar-refractivity contribution in [1.82, 2.24) is 0 Å². The largest absolute Gasteiger partial charge is 0.306 e. The van der Waals surface area contributed by atoms with Crippen molar-refractivity contribution in [1.29, 1.82) is 0 Å². The van der Waals surface area contributed by atoms with Gasteiger partial charge in [0.05, 0.1) is 0 Å². The normalized spacial score (nSPS) is 10.5. The van der Waals surface area contributed by atoms with Crippen LogP contribution < -0.4 is 0 Å². The molecular weight excluding hydrogens is 282 g/mol. The summed E-state index contributed by atoms with van der Waals surface area (Å²) in [5.74, 6) is -3.65. The zero-order valence-electron chi connectivity index (χ0n) is 11.3. The molecule has 0 aromatic heterocycles. The van der Waals surface area contributed by atoms with Crippen LogP contribution >= 0.6 is 0 Å². The molecule has 0 N–H and O–H groups in total. The predicted molar refractivity (Wildman–Crippen MR) is 65.9 cm³/mol. The maximum atomic E-state index is 13.5. The highest BCUT2D eigenvalue weighted by Crippen LogP contribution is 2.38. The van der Waals surface area contributed by atoms with Crippen LogP contribution in [0.2, 0.25) is 0 Å². The Balaban J connectivity index is 3.93. The molecule has 0 atom stereocenters. The molecular formula is C14H12F6. The van der Waals surface area contributed by atoms with Gasteiger partial charge in [-0.1, -0.05) is 0 Å². The molecule has 0 amide bonds. The summed E-state index contributed by atoms with van der Waals surface area (Å²) in [5.41, 5.74) is -0.740. The minimum atomic E-state index is -2.57. The lowest BCUT2D eigenvalue weighted by atomic mass is 9.88. The van der Waals surface area contributed by atoms with Gasteiger partial charge < -0.3 is 0 Å². The lowest BCUT2D eigenvalue weighted by molar-refractivity contribution is 0.409. The minimum absolute atomic E-state index is 0.168. The van der Waals surface area contributed by atoms with Gasteiger partial charge in [-0.2, -0.15) is 17.6 Å². The van der Waals surface area contributed by atoms with E-state index in [1.165, 1.54) is 20.8 Å². The molecule has 0 nitrogen and oxygen atoms in total. The molecule has 0 fully saturated rings. The van der Waals surface area contributed by atoms with Crippen LogP contribution in [-0.2, 0) is 0 Å². The molecule has 110 valence electrons. The Kier molecular flexibility index (Phi) is 4.68. The van der Waals surface area contributed by atoms with Crippen molar-refractivity contribution in [3.8, 4) is 0 Å². The second kappa shape index (κ2) is 5.73. The average molecular weight is 294 g/mol. The van der Waals surface area contributed by atoms with Gasteiger partial charge in [0, 0.05) is 11.1 Å². The highest BCUT2D eigenvalue weighted by Gasteiger charge is 2.24. The molecule has 0 spiro atoms. The number of benzene rings is 1. The summed E-state index contributed by atoms with van der Waals surface area (Å²) in [7, 11) is 0. The fourth-order valence-corrected chi connectivity index (χ4v) is 2.19. The van der Waals surface area contributed by atoms with E-state index < -0.39 is 34.9 Å². The van der Waals surface area contributed by atoms with E-state index in [0.29, 0.717) is 0 Å². The van der Waals surface area contributed by atoms with Gasteiger partial charge in [-0.3, -0.25) is 0 Å². The molecule has 0 aliphatic carbocycles. The molecule has 0 aliphatic heterocycles.